The Balaban J connectivity index is 1.17. The van der Waals surface area contributed by atoms with E-state index in [1.165, 1.54) is 31.1 Å². The number of halogens is 3. The molecular weight excluding hydrogens is 605 g/mol. The van der Waals surface area contributed by atoms with Crippen molar-refractivity contribution in [1.29, 1.82) is 0 Å². The molecule has 9 heteroatoms. The lowest BCUT2D eigenvalue weighted by Gasteiger charge is -2.65. The summed E-state index contributed by atoms with van der Waals surface area (Å²) < 4.78 is 46.9. The first-order valence-corrected chi connectivity index (χ1v) is 16.8. The van der Waals surface area contributed by atoms with E-state index in [2.05, 4.69) is 4.90 Å². The fourth-order valence-corrected chi connectivity index (χ4v) is 9.19. The molecule has 1 amide bonds. The third-order valence-electron chi connectivity index (χ3n) is 11.5. The predicted molar refractivity (Wildman–Crippen MR) is 171 cm³/mol. The van der Waals surface area contributed by atoms with Crippen LogP contribution >= 0.6 is 0 Å². The van der Waals surface area contributed by atoms with E-state index in [0.29, 0.717) is 50.3 Å². The van der Waals surface area contributed by atoms with Crippen molar-refractivity contribution in [1.82, 2.24) is 9.80 Å². The zero-order chi connectivity index (χ0) is 32.6. The van der Waals surface area contributed by atoms with Crippen LogP contribution in [0.2, 0.25) is 0 Å². The van der Waals surface area contributed by atoms with E-state index in [1.807, 2.05) is 36.4 Å². The molecule has 5 atom stereocenters. The lowest BCUT2D eigenvalue weighted by atomic mass is 9.48. The van der Waals surface area contributed by atoms with Crippen molar-refractivity contribution >= 4 is 12.0 Å². The molecule has 0 unspecified atom stereocenters. The Hall–Kier alpha value is -3.82. The first kappa shape index (κ1) is 30.5. The minimum absolute atomic E-state index is 0.0408. The number of phenolic OH excluding ortho intramolecular Hbond substituents is 1. The highest BCUT2D eigenvalue weighted by atomic mass is 19.4. The number of amides is 1. The Labute approximate surface area is 272 Å². The number of likely N-dealkylation sites (tertiary alicyclic amines) is 1. The lowest BCUT2D eigenvalue weighted by molar-refractivity contribution is -0.201. The van der Waals surface area contributed by atoms with E-state index in [-0.39, 0.29) is 23.3 Å². The molecule has 3 aliphatic carbocycles. The highest BCUT2D eigenvalue weighted by Gasteiger charge is 2.73. The smallest absolute Gasteiger partial charge is 0.416 e. The van der Waals surface area contributed by atoms with Crippen molar-refractivity contribution < 1.29 is 32.9 Å². The van der Waals surface area contributed by atoms with Crippen molar-refractivity contribution in [2.24, 2.45) is 5.92 Å². The van der Waals surface area contributed by atoms with Gasteiger partial charge in [0.25, 0.3) is 0 Å². The molecule has 1 spiro atoms. The molecule has 1 saturated heterocycles. The maximum atomic E-state index is 14.2. The summed E-state index contributed by atoms with van der Waals surface area (Å²) in [6.45, 7) is 2.14. The van der Waals surface area contributed by atoms with Gasteiger partial charge in [-0.05, 0) is 98.4 Å². The van der Waals surface area contributed by atoms with Crippen LogP contribution in [0.25, 0.3) is 6.08 Å². The summed E-state index contributed by atoms with van der Waals surface area (Å²) in [5, 5.41) is 23.9. The summed E-state index contributed by atoms with van der Waals surface area (Å²) in [5.74, 6) is 0.805. The fourth-order valence-electron chi connectivity index (χ4n) is 9.19. The summed E-state index contributed by atoms with van der Waals surface area (Å²) in [4.78, 5) is 18.4. The molecule has 2 aliphatic heterocycles. The number of hydrogen-bond acceptors (Lipinski definition) is 5. The number of hydrogen-bond donors (Lipinski definition) is 2. The molecule has 47 heavy (non-hydrogen) atoms. The first-order chi connectivity index (χ1) is 22.6. The van der Waals surface area contributed by atoms with Crippen LogP contribution in [0.15, 0.2) is 72.8 Å². The number of nitrogens with zero attached hydrogens (tertiary/aromatic N) is 2. The normalized spacial score (nSPS) is 29.4. The lowest BCUT2D eigenvalue weighted by Crippen LogP contribution is -2.78. The van der Waals surface area contributed by atoms with Crippen LogP contribution in [0.5, 0.6) is 11.5 Å². The van der Waals surface area contributed by atoms with Gasteiger partial charge >= 0.3 is 6.18 Å². The Kier molecular flexibility index (Phi) is 7.22. The summed E-state index contributed by atoms with van der Waals surface area (Å²) in [7, 11) is 0. The van der Waals surface area contributed by atoms with Crippen LogP contribution < -0.4 is 4.74 Å². The Bertz CT molecular complexity index is 1720. The second kappa shape index (κ2) is 11.1. The van der Waals surface area contributed by atoms with Crippen molar-refractivity contribution in [3.63, 3.8) is 0 Å². The first-order valence-electron chi connectivity index (χ1n) is 16.8. The second-order valence-corrected chi connectivity index (χ2v) is 14.1. The van der Waals surface area contributed by atoms with Gasteiger partial charge in [0.05, 0.1) is 22.6 Å². The standard InChI is InChI=1S/C38H39F3N2O4/c39-38(40,41)28-8-4-7-25(21-28)11-14-32(45)43(19-16-24-5-2-1-3-6-24)29-15-17-37(46)31-22-27-12-13-30(44)34-33(27)36(37,35(29)47-34)18-20-42(31)23-26-9-10-26/h1-8,11-14,21,26,29,31,35,44,46H,9-10,15-20,22-23H2/t29-,31+,35-,36-,37+/m0/s1. The third kappa shape index (κ3) is 4.96. The molecular formula is C38H39F3N2O4. The number of aromatic hydroxyl groups is 1. The Morgan fingerprint density at radius 3 is 2.62 bits per heavy atom. The summed E-state index contributed by atoms with van der Waals surface area (Å²) in [6, 6.07) is 17.9. The van der Waals surface area contributed by atoms with Gasteiger partial charge in [0.15, 0.2) is 11.5 Å². The number of carbonyl (C=O) groups is 1. The van der Waals surface area contributed by atoms with Crippen LogP contribution in [0.3, 0.4) is 0 Å². The van der Waals surface area contributed by atoms with Gasteiger partial charge in [0, 0.05) is 30.8 Å². The average molecular weight is 645 g/mol. The number of phenols is 1. The van der Waals surface area contributed by atoms with Gasteiger partial charge < -0.3 is 19.8 Å². The van der Waals surface area contributed by atoms with Gasteiger partial charge in [-0.3, -0.25) is 9.69 Å². The SMILES string of the molecule is O=C(C=Cc1cccc(C(F)(F)F)c1)N(CCc1ccccc1)[C@H]1CC[C@@]2(O)[C@H]3Cc4ccc(O)c5c4[C@@]2(CCN3CC2CC2)[C@H]1O5. The molecule has 8 rings (SSSR count). The molecule has 6 nitrogen and oxygen atoms in total. The molecule has 2 bridgehead atoms. The van der Waals surface area contributed by atoms with Crippen molar-refractivity contribution in [2.75, 3.05) is 19.6 Å². The largest absolute Gasteiger partial charge is 0.504 e. The number of benzene rings is 3. The van der Waals surface area contributed by atoms with Gasteiger partial charge in [-0.25, -0.2) is 0 Å². The Morgan fingerprint density at radius 1 is 1.04 bits per heavy atom. The molecule has 246 valence electrons. The average Bonchev–Trinajstić information content (AvgIpc) is 3.80. The molecule has 3 aromatic rings. The molecule has 2 saturated carbocycles. The molecule has 3 fully saturated rings. The van der Waals surface area contributed by atoms with Gasteiger partial charge in [-0.2, -0.15) is 13.2 Å². The second-order valence-electron chi connectivity index (χ2n) is 14.1. The van der Waals surface area contributed by atoms with Crippen LogP contribution in [0.4, 0.5) is 13.2 Å². The molecule has 2 N–H and O–H groups in total. The van der Waals surface area contributed by atoms with E-state index in [4.69, 9.17) is 4.74 Å². The van der Waals surface area contributed by atoms with Crippen LogP contribution in [0, 0.1) is 5.92 Å². The summed E-state index contributed by atoms with van der Waals surface area (Å²) in [5.41, 5.74) is 0.665. The van der Waals surface area contributed by atoms with Gasteiger partial charge in [-0.1, -0.05) is 48.5 Å². The van der Waals surface area contributed by atoms with E-state index in [1.54, 1.807) is 17.0 Å². The highest BCUT2D eigenvalue weighted by molar-refractivity contribution is 5.92. The molecule has 2 heterocycles. The van der Waals surface area contributed by atoms with E-state index in [0.717, 1.165) is 41.9 Å². The van der Waals surface area contributed by atoms with Crippen molar-refractivity contribution in [3.8, 4) is 11.5 Å². The number of alkyl halides is 3. The zero-order valence-electron chi connectivity index (χ0n) is 26.1. The molecule has 0 radical (unpaired) electrons. The maximum Gasteiger partial charge on any atom is 0.416 e. The van der Waals surface area contributed by atoms with Crippen molar-refractivity contribution in [3.05, 3.63) is 101 Å². The summed E-state index contributed by atoms with van der Waals surface area (Å²) in [6.07, 6.45) is 3.05. The van der Waals surface area contributed by atoms with E-state index >= 15 is 0 Å². The maximum absolute atomic E-state index is 14.2. The molecule has 5 aliphatic rings. The topological polar surface area (TPSA) is 73.2 Å². The monoisotopic (exact) mass is 644 g/mol. The van der Waals surface area contributed by atoms with Crippen molar-refractivity contribution in [2.45, 2.75) is 80.3 Å². The fraction of sp³-hybridized carbons (Fsp3) is 0.447. The third-order valence-corrected chi connectivity index (χ3v) is 11.5. The number of carbonyl (C=O) groups excluding carboxylic acids is 1. The van der Waals surface area contributed by atoms with Gasteiger partial charge in [0.2, 0.25) is 5.91 Å². The zero-order valence-corrected chi connectivity index (χ0v) is 26.1. The minimum Gasteiger partial charge on any atom is -0.504 e. The van der Waals surface area contributed by atoms with Crippen LogP contribution in [-0.2, 0) is 29.2 Å². The molecule has 3 aromatic carbocycles. The quantitative estimate of drug-likeness (QED) is 0.289. The highest BCUT2D eigenvalue weighted by Crippen LogP contribution is 2.66. The van der Waals surface area contributed by atoms with Crippen LogP contribution in [0.1, 0.15) is 59.9 Å². The van der Waals surface area contributed by atoms with E-state index < -0.39 is 34.9 Å². The van der Waals surface area contributed by atoms with Crippen LogP contribution in [-0.4, -0.2) is 69.3 Å². The van der Waals surface area contributed by atoms with Gasteiger partial charge in [0.1, 0.15) is 6.10 Å². The molecule has 0 aromatic heterocycles. The Morgan fingerprint density at radius 2 is 1.85 bits per heavy atom. The predicted octanol–water partition coefficient (Wildman–Crippen LogP) is 6.13. The number of ether oxygens (including phenoxy) is 1. The number of piperidine rings is 1. The summed E-state index contributed by atoms with van der Waals surface area (Å²) >= 11 is 0. The number of aliphatic hydroxyl groups is 1. The minimum atomic E-state index is -4.49. The number of rotatable bonds is 8. The van der Waals surface area contributed by atoms with E-state index in [9.17, 15) is 28.2 Å². The van der Waals surface area contributed by atoms with Gasteiger partial charge in [-0.15, -0.1) is 0 Å².